The van der Waals surface area contributed by atoms with Gasteiger partial charge in [-0.25, -0.2) is 0 Å². The van der Waals surface area contributed by atoms with Crippen LogP contribution >= 0.6 is 0 Å². The van der Waals surface area contributed by atoms with E-state index in [0.717, 1.165) is 74.2 Å². The number of aliphatic hydroxyl groups is 1. The first kappa shape index (κ1) is 53.4. The number of ketones is 1. The van der Waals surface area contributed by atoms with Gasteiger partial charge in [-0.05, 0) is 136 Å². The van der Waals surface area contributed by atoms with Crippen LogP contribution in [0.1, 0.15) is 172 Å². The lowest BCUT2D eigenvalue weighted by atomic mass is 9.57. The van der Waals surface area contributed by atoms with Gasteiger partial charge < -0.3 is 37.6 Å². The summed E-state index contributed by atoms with van der Waals surface area (Å²) in [6, 6.07) is 3.14. The number of ether oxygens (including phenoxy) is 5. The molecule has 14 heteroatoms. The summed E-state index contributed by atoms with van der Waals surface area (Å²) in [5.41, 5.74) is 9.88. The van der Waals surface area contributed by atoms with Gasteiger partial charge in [-0.15, -0.1) is 0 Å². The molecule has 6 aliphatic heterocycles. The van der Waals surface area contributed by atoms with Gasteiger partial charge in [-0.1, -0.05) is 85.7 Å². The van der Waals surface area contributed by atoms with E-state index in [2.05, 4.69) is 105 Å². The Hall–Kier alpha value is -1.43. The maximum Gasteiger partial charge on any atom is 0.199 e. The van der Waals surface area contributed by atoms with Crippen LogP contribution in [0.25, 0.3) is 10.4 Å². The third-order valence-corrected chi connectivity index (χ3v) is 28.3. The molecule has 7 rings (SSSR count). The number of carbonyl (C=O) groups excluding carboxylic acids is 1. The van der Waals surface area contributed by atoms with Gasteiger partial charge in [0, 0.05) is 61.3 Å². The third-order valence-electron chi connectivity index (χ3n) is 19.0. The molecule has 6 saturated heterocycles. The number of carbonyl (C=O) groups is 1. The van der Waals surface area contributed by atoms with Gasteiger partial charge in [0.15, 0.2) is 34.0 Å². The van der Waals surface area contributed by atoms with E-state index in [9.17, 15) is 10.6 Å². The quantitative estimate of drug-likeness (QED) is 0.0625. The van der Waals surface area contributed by atoms with E-state index in [1.165, 1.54) is 0 Å². The normalized spacial score (nSPS) is 40.7. The Morgan fingerprint density at radius 2 is 1.63 bits per heavy atom. The number of azide groups is 1. The second-order valence-electron chi connectivity index (χ2n) is 24.5. The average molecular weight is 970 g/mol. The van der Waals surface area contributed by atoms with Crippen LogP contribution in [0, 0.1) is 29.1 Å². The summed E-state index contributed by atoms with van der Waals surface area (Å²) in [4.78, 5) is 18.7. The minimum Gasteiger partial charge on any atom is -0.411 e. The summed E-state index contributed by atoms with van der Waals surface area (Å²) in [5, 5.41) is 14.8. The Morgan fingerprint density at radius 1 is 0.910 bits per heavy atom. The first-order valence-corrected chi connectivity index (χ1v) is 32.2. The lowest BCUT2D eigenvalue weighted by molar-refractivity contribution is -0.400. The summed E-state index contributed by atoms with van der Waals surface area (Å²) >= 11 is 0. The van der Waals surface area contributed by atoms with Crippen molar-refractivity contribution in [1.29, 1.82) is 0 Å². The van der Waals surface area contributed by atoms with Crippen LogP contribution in [0.2, 0.25) is 36.3 Å². The number of fused-ring (bicyclic) bond motifs is 7. The number of aliphatic hydroxyl groups excluding tert-OH is 1. The fourth-order valence-electron chi connectivity index (χ4n) is 13.4. The highest BCUT2D eigenvalue weighted by Crippen LogP contribution is 2.60. The van der Waals surface area contributed by atoms with Crippen molar-refractivity contribution in [2.24, 2.45) is 34.2 Å². The van der Waals surface area contributed by atoms with Gasteiger partial charge in [-0.2, -0.15) is 0 Å². The van der Waals surface area contributed by atoms with Crippen molar-refractivity contribution >= 4 is 22.4 Å². The summed E-state index contributed by atoms with van der Waals surface area (Å²) in [5.74, 6) is -2.66. The zero-order chi connectivity index (χ0) is 48.8. The van der Waals surface area contributed by atoms with Crippen molar-refractivity contribution in [3.63, 3.8) is 0 Å². The maximum absolute atomic E-state index is 15.6. The van der Waals surface area contributed by atoms with E-state index in [-0.39, 0.29) is 59.4 Å². The monoisotopic (exact) mass is 970 g/mol. The third kappa shape index (κ3) is 10.4. The average Bonchev–Trinajstić information content (AvgIpc) is 3.79. The molecule has 14 atom stereocenters. The van der Waals surface area contributed by atoms with E-state index in [4.69, 9.17) is 32.5 Å². The molecule has 67 heavy (non-hydrogen) atoms. The number of Topliss-reactive ketones (excluding diaryl/α,β-unsaturated/α-hetero) is 1. The summed E-state index contributed by atoms with van der Waals surface area (Å²) in [6.45, 7) is 32.1. The molecule has 6 heterocycles. The molecule has 0 aromatic rings. The molecule has 0 saturated carbocycles. The predicted octanol–water partition coefficient (Wildman–Crippen LogP) is 13.0. The van der Waals surface area contributed by atoms with Crippen LogP contribution < -0.4 is 0 Å². The summed E-state index contributed by atoms with van der Waals surface area (Å²) < 4.78 is 52.4. The van der Waals surface area contributed by atoms with Crippen molar-refractivity contribution in [2.45, 2.75) is 262 Å². The minimum absolute atomic E-state index is 0.0335. The second kappa shape index (κ2) is 20.2. The first-order valence-electron chi connectivity index (χ1n) is 26.8. The fourth-order valence-corrected chi connectivity index (χ4v) is 18.0. The molecule has 12 nitrogen and oxygen atoms in total. The second-order valence-corrected chi connectivity index (χ2v) is 34.0. The highest BCUT2D eigenvalue weighted by molar-refractivity contribution is 6.74. The van der Waals surface area contributed by atoms with Crippen molar-refractivity contribution < 1.29 is 42.4 Å². The highest BCUT2D eigenvalue weighted by Gasteiger charge is 2.67. The minimum atomic E-state index is -2.32. The van der Waals surface area contributed by atoms with Crippen molar-refractivity contribution in [2.75, 3.05) is 13.2 Å². The molecule has 0 amide bonds. The van der Waals surface area contributed by atoms with Gasteiger partial charge in [0.2, 0.25) is 0 Å². The molecular formula is C53H91N3O9Si2. The zero-order valence-corrected chi connectivity index (χ0v) is 45.9. The Labute approximate surface area is 406 Å². The molecule has 7 bridgehead atoms. The van der Waals surface area contributed by atoms with Gasteiger partial charge in [0.05, 0.1) is 31.0 Å². The molecule has 1 aliphatic carbocycles. The van der Waals surface area contributed by atoms with Gasteiger partial charge in [0.25, 0.3) is 0 Å². The molecular weight excluding hydrogens is 879 g/mol. The van der Waals surface area contributed by atoms with E-state index in [1.54, 1.807) is 0 Å². The van der Waals surface area contributed by atoms with Crippen LogP contribution in [0.5, 0.6) is 0 Å². The molecule has 3 spiro atoms. The SMILES string of the molecule is C=C1CCCC(=O)[C@@]2(C[C@H](C)[C@@H](C)CN=[N+]=[N-])CCC(CO)=C[C@@H]2[C@@H]2O[C@]3(C[C@H]4CCC[C@@]5(CC[C@@]6(O[C@@H](CC[C@@]6(C)O[Si](CC)(CC)CC)C1)O5)O4)C[C@@H](C)[C@@H](O[Si](C)(C)C(C)(C)C)[C@H]2O3. The standard InChI is InChI=1S/C53H91N3O9Si2/c1-14-67(15-2,16-3)65-49(11)25-23-41-29-36(4)19-17-21-44(58)50(31-37(5)39(7)34-55-56-54)26-22-40(35-57)30-43(50)46-47-45(63-66(12,13)48(8,9)10)38(6)32-52(61-46,62-47)33-42-20-18-24-51(59-42)27-28-53(49,60-41)64-51/h30,37-39,41-43,45-47,57H,4,14-29,31-35H2,1-3,5-13H3/t37-,38+,39-,41-,42+,43+,45+,46-,47+,49+,50+,51+,52+,53+/m0/s1. The Balaban J connectivity index is 1.32. The number of hydrogen-bond donors (Lipinski definition) is 1. The number of rotatable bonds is 13. The smallest absolute Gasteiger partial charge is 0.199 e. The van der Waals surface area contributed by atoms with Gasteiger partial charge in [0.1, 0.15) is 17.5 Å². The lowest BCUT2D eigenvalue weighted by Crippen LogP contribution is -2.65. The first-order chi connectivity index (χ1) is 31.5. The van der Waals surface area contributed by atoms with Crippen LogP contribution in [0.3, 0.4) is 0 Å². The molecule has 7 aliphatic rings. The van der Waals surface area contributed by atoms with Crippen molar-refractivity contribution in [3.8, 4) is 0 Å². The molecule has 0 unspecified atom stereocenters. The number of hydrogen-bond acceptors (Lipinski definition) is 10. The Morgan fingerprint density at radius 3 is 2.30 bits per heavy atom. The fraction of sp³-hybridized carbons (Fsp3) is 0.906. The molecule has 0 aromatic heterocycles. The predicted molar refractivity (Wildman–Crippen MR) is 268 cm³/mol. The molecule has 1 N–H and O–H groups in total. The molecule has 380 valence electrons. The summed E-state index contributed by atoms with van der Waals surface area (Å²) in [6.07, 6.45) is 12.0. The molecule has 0 radical (unpaired) electrons. The van der Waals surface area contributed by atoms with Crippen LogP contribution in [0.15, 0.2) is 28.9 Å². The van der Waals surface area contributed by atoms with E-state index in [0.29, 0.717) is 64.3 Å². The zero-order valence-electron chi connectivity index (χ0n) is 43.9. The maximum atomic E-state index is 15.6. The Bertz CT molecular complexity index is 1860. The largest absolute Gasteiger partial charge is 0.411 e. The van der Waals surface area contributed by atoms with Crippen LogP contribution in [0.4, 0.5) is 0 Å². The van der Waals surface area contributed by atoms with E-state index >= 15 is 4.79 Å². The number of nitrogens with zero attached hydrogens (tertiary/aromatic N) is 3. The van der Waals surface area contributed by atoms with Crippen molar-refractivity contribution in [1.82, 2.24) is 0 Å². The topological polar surface area (TPSA) is 151 Å². The van der Waals surface area contributed by atoms with Crippen LogP contribution in [-0.2, 0) is 37.3 Å². The van der Waals surface area contributed by atoms with Crippen LogP contribution in [-0.4, -0.2) is 94.2 Å². The van der Waals surface area contributed by atoms with Crippen molar-refractivity contribution in [3.05, 3.63) is 34.2 Å². The van der Waals surface area contributed by atoms with Gasteiger partial charge in [-0.3, -0.25) is 4.79 Å². The Kier molecular flexibility index (Phi) is 16.1. The molecule has 0 aromatic carbocycles. The van der Waals surface area contributed by atoms with E-state index in [1.807, 2.05) is 0 Å². The highest BCUT2D eigenvalue weighted by atomic mass is 28.4. The summed E-state index contributed by atoms with van der Waals surface area (Å²) in [7, 11) is -4.40. The lowest BCUT2D eigenvalue weighted by Gasteiger charge is -2.55. The van der Waals surface area contributed by atoms with Gasteiger partial charge >= 0.3 is 0 Å². The molecule has 6 fully saturated rings. The van der Waals surface area contributed by atoms with E-state index < -0.39 is 57.2 Å².